The number of nitrogens with zero attached hydrogens (tertiary/aromatic N) is 1. The normalized spacial score (nSPS) is 10.6. The molecule has 0 bridgehead atoms. The van der Waals surface area contributed by atoms with Crippen LogP contribution in [0.4, 0.5) is 5.69 Å². The fourth-order valence-corrected chi connectivity index (χ4v) is 1.93. The molecule has 2 N–H and O–H groups in total. The number of benzene rings is 1. The van der Waals surface area contributed by atoms with Crippen LogP contribution in [-0.4, -0.2) is 33.9 Å². The molecule has 0 aliphatic carbocycles. The Morgan fingerprint density at radius 1 is 1.35 bits per heavy atom. The van der Waals surface area contributed by atoms with Gasteiger partial charge in [0.1, 0.15) is 0 Å². The van der Waals surface area contributed by atoms with Crippen molar-refractivity contribution in [3.63, 3.8) is 0 Å². The molecule has 0 spiro atoms. The quantitative estimate of drug-likeness (QED) is 0.736. The van der Waals surface area contributed by atoms with E-state index < -0.39 is 0 Å². The number of ether oxygens (including phenoxy) is 1. The summed E-state index contributed by atoms with van der Waals surface area (Å²) in [5.74, 6) is 0. The van der Waals surface area contributed by atoms with Crippen LogP contribution in [0.25, 0.3) is 0 Å². The van der Waals surface area contributed by atoms with Gasteiger partial charge in [0, 0.05) is 33.0 Å². The Bertz CT molecular complexity index is 339. The Kier molecular flexibility index (Phi) is 6.01. The van der Waals surface area contributed by atoms with Gasteiger partial charge >= 0.3 is 0 Å². The molecular weight excluding hydrogens is 212 g/mol. The van der Waals surface area contributed by atoms with Gasteiger partial charge in [0.2, 0.25) is 0 Å². The molecule has 1 aromatic rings. The molecule has 0 saturated heterocycles. The van der Waals surface area contributed by atoms with Crippen LogP contribution < -0.4 is 10.6 Å². The molecule has 3 heteroatoms. The van der Waals surface area contributed by atoms with E-state index >= 15 is 0 Å². The second kappa shape index (κ2) is 7.30. The number of hydrogen-bond donors (Lipinski definition) is 1. The van der Waals surface area contributed by atoms with Crippen LogP contribution in [0.15, 0.2) is 18.2 Å². The molecule has 0 fully saturated rings. The summed E-state index contributed by atoms with van der Waals surface area (Å²) in [4.78, 5) is 2.26. The molecule has 0 radical (unpaired) electrons. The van der Waals surface area contributed by atoms with Crippen LogP contribution in [-0.2, 0) is 11.2 Å². The summed E-state index contributed by atoms with van der Waals surface area (Å²) >= 11 is 0. The minimum atomic E-state index is 0.712. The van der Waals surface area contributed by atoms with Crippen LogP contribution >= 0.6 is 0 Å². The van der Waals surface area contributed by atoms with Crippen LogP contribution in [0.1, 0.15) is 17.5 Å². The minimum Gasteiger partial charge on any atom is -0.385 e. The van der Waals surface area contributed by atoms with E-state index in [-0.39, 0.29) is 0 Å². The van der Waals surface area contributed by atoms with Gasteiger partial charge in [-0.05, 0) is 49.6 Å². The standard InChI is InChI=1S/C14H24N2O/c1-12-11-14(6-5-13(12)7-8-15)16(2)9-4-10-17-3/h5-6,11H,4,7-10,15H2,1-3H3. The first-order valence-electron chi connectivity index (χ1n) is 6.18. The van der Waals surface area contributed by atoms with Crippen LogP contribution in [0.3, 0.4) is 0 Å². The second-order valence-electron chi connectivity index (χ2n) is 4.42. The summed E-state index contributed by atoms with van der Waals surface area (Å²) in [7, 11) is 3.86. The lowest BCUT2D eigenvalue weighted by Gasteiger charge is -2.20. The third-order valence-corrected chi connectivity index (χ3v) is 3.02. The monoisotopic (exact) mass is 236 g/mol. The van der Waals surface area contributed by atoms with E-state index in [1.165, 1.54) is 16.8 Å². The zero-order chi connectivity index (χ0) is 12.7. The summed E-state index contributed by atoms with van der Waals surface area (Å²) in [6.45, 7) is 4.69. The molecular formula is C14H24N2O. The number of aryl methyl sites for hydroxylation is 1. The average Bonchev–Trinajstić information content (AvgIpc) is 2.32. The van der Waals surface area contributed by atoms with Crippen molar-refractivity contribution in [2.24, 2.45) is 5.73 Å². The molecule has 0 aliphatic rings. The first kappa shape index (κ1) is 14.0. The molecule has 1 aromatic carbocycles. The molecule has 0 aliphatic heterocycles. The Morgan fingerprint density at radius 3 is 2.71 bits per heavy atom. The van der Waals surface area contributed by atoms with Gasteiger partial charge in [0.25, 0.3) is 0 Å². The summed E-state index contributed by atoms with van der Waals surface area (Å²) in [5.41, 5.74) is 9.52. The SMILES string of the molecule is COCCCN(C)c1ccc(CCN)c(C)c1. The largest absolute Gasteiger partial charge is 0.385 e. The van der Waals surface area contributed by atoms with Crippen molar-refractivity contribution in [3.8, 4) is 0 Å². The van der Waals surface area contributed by atoms with E-state index in [4.69, 9.17) is 10.5 Å². The highest BCUT2D eigenvalue weighted by atomic mass is 16.5. The van der Waals surface area contributed by atoms with Crippen LogP contribution in [0.2, 0.25) is 0 Å². The van der Waals surface area contributed by atoms with Crippen molar-refractivity contribution in [1.82, 2.24) is 0 Å². The highest BCUT2D eigenvalue weighted by Crippen LogP contribution is 2.18. The van der Waals surface area contributed by atoms with Crippen molar-refractivity contribution >= 4 is 5.69 Å². The summed E-state index contributed by atoms with van der Waals surface area (Å²) in [6.07, 6.45) is 2.01. The fraction of sp³-hybridized carbons (Fsp3) is 0.571. The van der Waals surface area contributed by atoms with E-state index in [0.29, 0.717) is 6.54 Å². The van der Waals surface area contributed by atoms with Crippen molar-refractivity contribution in [2.45, 2.75) is 19.8 Å². The summed E-state index contributed by atoms with van der Waals surface area (Å²) in [6, 6.07) is 6.59. The van der Waals surface area contributed by atoms with E-state index in [9.17, 15) is 0 Å². The molecule has 0 heterocycles. The van der Waals surface area contributed by atoms with Gasteiger partial charge in [-0.15, -0.1) is 0 Å². The molecule has 3 nitrogen and oxygen atoms in total. The predicted octanol–water partition coefficient (Wildman–Crippen LogP) is 1.97. The molecule has 96 valence electrons. The van der Waals surface area contributed by atoms with Gasteiger partial charge in [-0.3, -0.25) is 0 Å². The minimum absolute atomic E-state index is 0.712. The third-order valence-electron chi connectivity index (χ3n) is 3.02. The molecule has 0 saturated carbocycles. The van der Waals surface area contributed by atoms with Crippen molar-refractivity contribution in [2.75, 3.05) is 38.8 Å². The Hall–Kier alpha value is -1.06. The number of nitrogens with two attached hydrogens (primary N) is 1. The van der Waals surface area contributed by atoms with E-state index in [1.54, 1.807) is 7.11 Å². The maximum atomic E-state index is 5.58. The maximum Gasteiger partial charge on any atom is 0.0479 e. The fourth-order valence-electron chi connectivity index (χ4n) is 1.93. The Labute approximate surface area is 105 Å². The molecule has 0 unspecified atom stereocenters. The van der Waals surface area contributed by atoms with Gasteiger partial charge < -0.3 is 15.4 Å². The Morgan fingerprint density at radius 2 is 2.12 bits per heavy atom. The smallest absolute Gasteiger partial charge is 0.0479 e. The van der Waals surface area contributed by atoms with Gasteiger partial charge in [-0.1, -0.05) is 6.07 Å². The zero-order valence-electron chi connectivity index (χ0n) is 11.2. The lowest BCUT2D eigenvalue weighted by Crippen LogP contribution is -2.19. The molecule has 17 heavy (non-hydrogen) atoms. The van der Waals surface area contributed by atoms with E-state index in [2.05, 4.69) is 37.1 Å². The number of anilines is 1. The molecule has 1 rings (SSSR count). The number of methoxy groups -OCH3 is 1. The highest BCUT2D eigenvalue weighted by molar-refractivity contribution is 5.50. The average molecular weight is 236 g/mol. The van der Waals surface area contributed by atoms with Gasteiger partial charge in [-0.25, -0.2) is 0 Å². The van der Waals surface area contributed by atoms with Gasteiger partial charge in [-0.2, -0.15) is 0 Å². The lowest BCUT2D eigenvalue weighted by atomic mass is 10.0. The van der Waals surface area contributed by atoms with Crippen molar-refractivity contribution < 1.29 is 4.74 Å². The third kappa shape index (κ3) is 4.36. The molecule has 0 aromatic heterocycles. The summed E-state index contributed by atoms with van der Waals surface area (Å²) < 4.78 is 5.06. The summed E-state index contributed by atoms with van der Waals surface area (Å²) in [5, 5.41) is 0. The van der Waals surface area contributed by atoms with Crippen molar-refractivity contribution in [1.29, 1.82) is 0 Å². The topological polar surface area (TPSA) is 38.5 Å². The highest BCUT2D eigenvalue weighted by Gasteiger charge is 2.03. The molecule has 0 atom stereocenters. The molecule has 0 amide bonds. The number of rotatable bonds is 7. The van der Waals surface area contributed by atoms with Crippen LogP contribution in [0, 0.1) is 6.92 Å². The van der Waals surface area contributed by atoms with Gasteiger partial charge in [0.15, 0.2) is 0 Å². The Balaban J connectivity index is 2.62. The lowest BCUT2D eigenvalue weighted by molar-refractivity contribution is 0.196. The first-order chi connectivity index (χ1) is 8.19. The second-order valence-corrected chi connectivity index (χ2v) is 4.42. The zero-order valence-corrected chi connectivity index (χ0v) is 11.2. The number of hydrogen-bond acceptors (Lipinski definition) is 3. The van der Waals surface area contributed by atoms with Gasteiger partial charge in [0.05, 0.1) is 0 Å². The van der Waals surface area contributed by atoms with E-state index in [1.807, 2.05) is 0 Å². The van der Waals surface area contributed by atoms with Crippen molar-refractivity contribution in [3.05, 3.63) is 29.3 Å². The van der Waals surface area contributed by atoms with E-state index in [0.717, 1.165) is 26.0 Å². The predicted molar refractivity (Wildman–Crippen MR) is 73.7 cm³/mol. The maximum absolute atomic E-state index is 5.58. The first-order valence-corrected chi connectivity index (χ1v) is 6.18. The van der Waals surface area contributed by atoms with Crippen LogP contribution in [0.5, 0.6) is 0 Å².